The summed E-state index contributed by atoms with van der Waals surface area (Å²) in [7, 11) is 0. The molecule has 1 N–H and O–H groups in total. The molecule has 1 aliphatic carbocycles. The maximum absolute atomic E-state index is 13.7. The zero-order valence-electron chi connectivity index (χ0n) is 13.9. The van der Waals surface area contributed by atoms with Crippen LogP contribution in [0.25, 0.3) is 0 Å². The van der Waals surface area contributed by atoms with Gasteiger partial charge in [-0.2, -0.15) is 13.2 Å². The van der Waals surface area contributed by atoms with Gasteiger partial charge in [0.25, 0.3) is 0 Å². The van der Waals surface area contributed by atoms with Crippen LogP contribution in [0.1, 0.15) is 18.4 Å². The van der Waals surface area contributed by atoms with E-state index in [-0.39, 0.29) is 11.0 Å². The van der Waals surface area contributed by atoms with Gasteiger partial charge in [-0.25, -0.2) is 0 Å². The first-order valence-electron chi connectivity index (χ1n) is 8.33. The fraction of sp³-hybridized carbons (Fsp3) is 0.389. The number of carbonyl (C=O) groups is 1. The predicted octanol–water partition coefficient (Wildman–Crippen LogP) is 3.51. The van der Waals surface area contributed by atoms with Crippen molar-refractivity contribution in [2.24, 2.45) is 16.8 Å². The third-order valence-corrected chi connectivity index (χ3v) is 5.12. The fourth-order valence-electron chi connectivity index (χ4n) is 3.43. The molecule has 4 rings (SSSR count). The van der Waals surface area contributed by atoms with Gasteiger partial charge in [0, 0.05) is 17.3 Å². The first kappa shape index (κ1) is 17.2. The van der Waals surface area contributed by atoms with Crippen LogP contribution in [0.2, 0.25) is 0 Å². The quantitative estimate of drug-likeness (QED) is 0.800. The monoisotopic (exact) mass is 379 g/mol. The second-order valence-electron chi connectivity index (χ2n) is 6.82. The van der Waals surface area contributed by atoms with E-state index in [1.165, 1.54) is 4.90 Å². The number of anilines is 1. The number of aryl methyl sites for hydroxylation is 1. The van der Waals surface area contributed by atoms with Crippen LogP contribution in [-0.2, 0) is 4.79 Å². The summed E-state index contributed by atoms with van der Waals surface area (Å²) in [4.78, 5) is 18.5. The van der Waals surface area contributed by atoms with E-state index in [0.717, 1.165) is 24.5 Å². The van der Waals surface area contributed by atoms with E-state index in [0.29, 0.717) is 11.4 Å². The summed E-state index contributed by atoms with van der Waals surface area (Å²) in [5.41, 5.74) is 1.12. The Labute approximate surface area is 153 Å². The molecule has 0 aromatic heterocycles. The molecule has 1 saturated carbocycles. The Morgan fingerprint density at radius 2 is 2.04 bits per heavy atom. The van der Waals surface area contributed by atoms with Gasteiger partial charge in [0.2, 0.25) is 5.91 Å². The van der Waals surface area contributed by atoms with E-state index in [1.54, 1.807) is 12.1 Å². The Bertz CT molecular complexity index is 857. The minimum absolute atomic E-state index is 0.0335. The first-order chi connectivity index (χ1) is 12.3. The molecule has 8 heteroatoms. The summed E-state index contributed by atoms with van der Waals surface area (Å²) >= 11 is 5.27. The molecule has 2 aliphatic heterocycles. The van der Waals surface area contributed by atoms with Crippen molar-refractivity contribution in [2.75, 3.05) is 4.90 Å². The molecule has 1 saturated heterocycles. The van der Waals surface area contributed by atoms with Gasteiger partial charge in [0.05, 0.1) is 5.57 Å². The molecule has 0 radical (unpaired) electrons. The molecule has 2 heterocycles. The number of thiocarbonyl (C=S) groups is 1. The normalized spacial score (nSPS) is 26.1. The van der Waals surface area contributed by atoms with E-state index < -0.39 is 29.7 Å². The molecule has 26 heavy (non-hydrogen) atoms. The molecule has 1 aromatic carbocycles. The summed E-state index contributed by atoms with van der Waals surface area (Å²) < 4.78 is 41.0. The molecule has 4 nitrogen and oxygen atoms in total. The van der Waals surface area contributed by atoms with E-state index in [2.05, 4.69) is 10.3 Å². The Balaban J connectivity index is 1.84. The molecule has 136 valence electrons. The van der Waals surface area contributed by atoms with Crippen molar-refractivity contribution in [3.8, 4) is 0 Å². The highest BCUT2D eigenvalue weighted by Gasteiger charge is 2.53. The summed E-state index contributed by atoms with van der Waals surface area (Å²) in [6.07, 6.45) is -2.93. The minimum atomic E-state index is -4.60. The van der Waals surface area contributed by atoms with Gasteiger partial charge in [-0.05, 0) is 55.8 Å². The number of hydrogen-bond acceptors (Lipinski definition) is 3. The maximum Gasteiger partial charge on any atom is 0.413 e. The number of nitrogens with one attached hydrogen (secondary N) is 1. The Morgan fingerprint density at radius 1 is 1.31 bits per heavy atom. The lowest BCUT2D eigenvalue weighted by molar-refractivity contribution is -0.131. The largest absolute Gasteiger partial charge is 0.413 e. The number of fused-ring (bicyclic) bond motifs is 1. The van der Waals surface area contributed by atoms with Crippen LogP contribution in [0.3, 0.4) is 0 Å². The van der Waals surface area contributed by atoms with Gasteiger partial charge in [0.1, 0.15) is 12.1 Å². The second kappa shape index (κ2) is 5.90. The van der Waals surface area contributed by atoms with Gasteiger partial charge in [-0.3, -0.25) is 14.7 Å². The summed E-state index contributed by atoms with van der Waals surface area (Å²) in [5.74, 6) is -2.16. The van der Waals surface area contributed by atoms with Crippen molar-refractivity contribution < 1.29 is 18.0 Å². The molecule has 1 aromatic rings. The van der Waals surface area contributed by atoms with Gasteiger partial charge < -0.3 is 5.32 Å². The zero-order valence-corrected chi connectivity index (χ0v) is 14.7. The number of alkyl halides is 3. The first-order valence-corrected chi connectivity index (χ1v) is 8.74. The van der Waals surface area contributed by atoms with Crippen molar-refractivity contribution in [1.29, 1.82) is 0 Å². The molecule has 2 unspecified atom stereocenters. The molecule has 2 atom stereocenters. The van der Waals surface area contributed by atoms with E-state index in [1.807, 2.05) is 19.1 Å². The highest BCUT2D eigenvalue weighted by molar-refractivity contribution is 7.80. The van der Waals surface area contributed by atoms with Crippen LogP contribution >= 0.6 is 12.2 Å². The van der Waals surface area contributed by atoms with Crippen molar-refractivity contribution in [1.82, 2.24) is 5.32 Å². The van der Waals surface area contributed by atoms with Crippen LogP contribution in [0.15, 0.2) is 40.9 Å². The second-order valence-corrected chi connectivity index (χ2v) is 7.21. The lowest BCUT2D eigenvalue weighted by Gasteiger charge is -2.43. The third kappa shape index (κ3) is 2.92. The van der Waals surface area contributed by atoms with Crippen molar-refractivity contribution in [3.63, 3.8) is 0 Å². The van der Waals surface area contributed by atoms with Gasteiger partial charge >= 0.3 is 6.18 Å². The summed E-state index contributed by atoms with van der Waals surface area (Å²) in [6.45, 7) is 1.88. The number of rotatable bonds is 2. The van der Waals surface area contributed by atoms with Crippen molar-refractivity contribution in [3.05, 3.63) is 41.5 Å². The Kier molecular flexibility index (Phi) is 3.91. The Hall–Kier alpha value is -2.22. The number of hydrogen-bond donors (Lipinski definition) is 1. The van der Waals surface area contributed by atoms with Gasteiger partial charge in [-0.15, -0.1) is 0 Å². The molecular weight excluding hydrogens is 363 g/mol. The number of nitrogens with zero attached hydrogens (tertiary/aromatic N) is 2. The molecule has 0 spiro atoms. The van der Waals surface area contributed by atoms with Crippen LogP contribution in [0.4, 0.5) is 18.9 Å². The lowest BCUT2D eigenvalue weighted by Crippen LogP contribution is -2.62. The number of halogens is 3. The predicted molar refractivity (Wildman–Crippen MR) is 96.0 cm³/mol. The van der Waals surface area contributed by atoms with Crippen LogP contribution < -0.4 is 10.2 Å². The maximum atomic E-state index is 13.7. The number of amides is 1. The van der Waals surface area contributed by atoms with Crippen molar-refractivity contribution in [2.45, 2.75) is 32.1 Å². The number of allylic oxidation sites excluding steroid dienone is 1. The zero-order chi connectivity index (χ0) is 18.6. The van der Waals surface area contributed by atoms with E-state index in [4.69, 9.17) is 12.2 Å². The van der Waals surface area contributed by atoms with Crippen LogP contribution in [-0.4, -0.2) is 29.1 Å². The SMILES string of the molecule is Cc1cccc(N2C(=S)NC(=O)C3C(C(F)(F)F)=CC(C4CC4)=NC32)c1. The molecule has 2 fully saturated rings. The van der Waals surface area contributed by atoms with Crippen molar-refractivity contribution >= 4 is 34.6 Å². The highest BCUT2D eigenvalue weighted by Crippen LogP contribution is 2.43. The average Bonchev–Trinajstić information content (AvgIpc) is 3.37. The minimum Gasteiger partial charge on any atom is -0.302 e. The topological polar surface area (TPSA) is 44.7 Å². The third-order valence-electron chi connectivity index (χ3n) is 4.82. The van der Waals surface area contributed by atoms with E-state index in [9.17, 15) is 18.0 Å². The standard InChI is InChI=1S/C18H16F3N3OS/c1-9-3-2-4-11(7-9)24-15-14(16(25)23-17(24)26)12(18(19,20)21)8-13(22-15)10-5-6-10/h2-4,7-8,10,14-15H,5-6H2,1H3,(H,23,25,26). The number of aliphatic imine (C=N–C) groups is 1. The van der Waals surface area contributed by atoms with Gasteiger partial charge in [-0.1, -0.05) is 12.1 Å². The van der Waals surface area contributed by atoms with Crippen LogP contribution in [0, 0.1) is 18.8 Å². The van der Waals surface area contributed by atoms with E-state index >= 15 is 0 Å². The smallest absolute Gasteiger partial charge is 0.302 e. The van der Waals surface area contributed by atoms with Gasteiger partial charge in [0.15, 0.2) is 5.11 Å². The number of benzene rings is 1. The molecule has 3 aliphatic rings. The molecule has 0 bridgehead atoms. The molecule has 1 amide bonds. The summed E-state index contributed by atoms with van der Waals surface area (Å²) in [6, 6.07) is 7.26. The fourth-order valence-corrected chi connectivity index (χ4v) is 3.74. The Morgan fingerprint density at radius 3 is 2.65 bits per heavy atom. The lowest BCUT2D eigenvalue weighted by atomic mass is 9.87. The highest BCUT2D eigenvalue weighted by atomic mass is 32.1. The summed E-state index contributed by atoms with van der Waals surface area (Å²) in [5, 5.41) is 2.49. The molecular formula is C18H16F3N3OS. The average molecular weight is 379 g/mol. The number of dihydropyridines is 1. The number of carbonyl (C=O) groups excluding carboxylic acids is 1. The van der Waals surface area contributed by atoms with Crippen LogP contribution in [0.5, 0.6) is 0 Å².